The van der Waals surface area contributed by atoms with Crippen LogP contribution >= 0.6 is 11.3 Å². The Morgan fingerprint density at radius 2 is 1.94 bits per heavy atom. The smallest absolute Gasteiger partial charge is 0.322 e. The van der Waals surface area contributed by atoms with Crippen LogP contribution in [0.1, 0.15) is 25.1 Å². The maximum atomic E-state index is 13.2. The average molecular weight is 439 g/mol. The summed E-state index contributed by atoms with van der Waals surface area (Å²) >= 11 is 1.41. The van der Waals surface area contributed by atoms with Gasteiger partial charge in [0.05, 0.1) is 11.7 Å². The first-order chi connectivity index (χ1) is 14.7. The van der Waals surface area contributed by atoms with Gasteiger partial charge in [-0.2, -0.15) is 5.01 Å². The van der Waals surface area contributed by atoms with E-state index < -0.39 is 23.4 Å². The Bertz CT molecular complexity index is 1270. The number of aromatic nitrogens is 2. The average Bonchev–Trinajstić information content (AvgIpc) is 3.20. The number of hydrazine groups is 1. The standard InChI is InChI=1S/C21H21N5O4S/c1-4-21(3)19(29)26(20(30)23-21)24-14(27)10-25-11-22-17-16(18(25)28)15(12(2)31-17)13-8-6-5-7-9-13/h5-9,11H,4,10H2,1-3H3,(H,23,30)(H,24,27)/t21-/m1/s1. The van der Waals surface area contributed by atoms with Gasteiger partial charge in [-0.3, -0.25) is 24.4 Å². The van der Waals surface area contributed by atoms with Crippen molar-refractivity contribution in [2.45, 2.75) is 39.3 Å². The van der Waals surface area contributed by atoms with E-state index in [0.717, 1.165) is 16.0 Å². The van der Waals surface area contributed by atoms with Gasteiger partial charge >= 0.3 is 6.03 Å². The molecule has 0 aliphatic carbocycles. The zero-order valence-corrected chi connectivity index (χ0v) is 18.1. The Hall–Kier alpha value is -3.53. The Balaban J connectivity index is 1.63. The molecule has 0 radical (unpaired) electrons. The molecule has 1 fully saturated rings. The minimum absolute atomic E-state index is 0.362. The molecule has 2 aromatic heterocycles. The van der Waals surface area contributed by atoms with Gasteiger partial charge in [0.2, 0.25) is 0 Å². The molecule has 1 saturated heterocycles. The van der Waals surface area contributed by atoms with Gasteiger partial charge in [-0.1, -0.05) is 37.3 Å². The van der Waals surface area contributed by atoms with Crippen LogP contribution in [-0.2, 0) is 16.1 Å². The molecule has 9 nitrogen and oxygen atoms in total. The van der Waals surface area contributed by atoms with Crippen molar-refractivity contribution in [3.8, 4) is 11.1 Å². The third-order valence-electron chi connectivity index (χ3n) is 5.44. The van der Waals surface area contributed by atoms with Crippen LogP contribution in [0.3, 0.4) is 0 Å². The van der Waals surface area contributed by atoms with E-state index in [-0.39, 0.29) is 12.1 Å². The van der Waals surface area contributed by atoms with Crippen molar-refractivity contribution < 1.29 is 14.4 Å². The lowest BCUT2D eigenvalue weighted by Crippen LogP contribution is -2.49. The highest BCUT2D eigenvalue weighted by Crippen LogP contribution is 2.35. The highest BCUT2D eigenvalue weighted by atomic mass is 32.1. The van der Waals surface area contributed by atoms with E-state index >= 15 is 0 Å². The van der Waals surface area contributed by atoms with Crippen molar-refractivity contribution in [3.63, 3.8) is 0 Å². The second kappa shape index (κ2) is 7.62. The molecule has 4 amide bonds. The summed E-state index contributed by atoms with van der Waals surface area (Å²) in [4.78, 5) is 56.1. The fourth-order valence-corrected chi connectivity index (χ4v) is 4.55. The summed E-state index contributed by atoms with van der Waals surface area (Å²) in [6, 6.07) is 8.81. The number of nitrogens with zero attached hydrogens (tertiary/aromatic N) is 3. The molecule has 4 rings (SSSR count). The number of hydrogen-bond acceptors (Lipinski definition) is 6. The van der Waals surface area contributed by atoms with Crippen molar-refractivity contribution in [2.75, 3.05) is 0 Å². The number of urea groups is 1. The maximum absolute atomic E-state index is 13.2. The van der Waals surface area contributed by atoms with Crippen LogP contribution in [0.5, 0.6) is 0 Å². The monoisotopic (exact) mass is 439 g/mol. The number of imide groups is 1. The van der Waals surface area contributed by atoms with Crippen LogP contribution < -0.4 is 16.3 Å². The molecular weight excluding hydrogens is 418 g/mol. The van der Waals surface area contributed by atoms with Gasteiger partial charge in [0.1, 0.15) is 16.9 Å². The number of carbonyl (C=O) groups excluding carboxylic acids is 3. The Labute approximate surface area is 181 Å². The number of hydrogen-bond donors (Lipinski definition) is 2. The Morgan fingerprint density at radius 3 is 2.58 bits per heavy atom. The number of carbonyl (C=O) groups is 3. The molecular formula is C21H21N5O4S. The van der Waals surface area contributed by atoms with Crippen LogP contribution in [0.25, 0.3) is 21.3 Å². The topological polar surface area (TPSA) is 113 Å². The summed E-state index contributed by atoms with van der Waals surface area (Å²) in [7, 11) is 0. The highest BCUT2D eigenvalue weighted by Gasteiger charge is 2.47. The molecule has 0 saturated carbocycles. The van der Waals surface area contributed by atoms with E-state index in [4.69, 9.17) is 0 Å². The number of rotatable bonds is 5. The fraction of sp³-hybridized carbons (Fsp3) is 0.286. The summed E-state index contributed by atoms with van der Waals surface area (Å²) < 4.78 is 1.17. The van der Waals surface area contributed by atoms with Gasteiger partial charge in [0.15, 0.2) is 0 Å². The number of nitrogens with one attached hydrogen (secondary N) is 2. The third-order valence-corrected chi connectivity index (χ3v) is 6.45. The molecule has 3 aromatic rings. The number of fused-ring (bicyclic) bond motifs is 1. The first kappa shape index (κ1) is 20.7. The Morgan fingerprint density at radius 1 is 1.23 bits per heavy atom. The largest absolute Gasteiger partial charge is 0.344 e. The van der Waals surface area contributed by atoms with Gasteiger partial charge in [-0.15, -0.1) is 11.3 Å². The quantitative estimate of drug-likeness (QED) is 0.592. The van der Waals surface area contributed by atoms with Crippen LogP contribution in [0.15, 0.2) is 41.5 Å². The van der Waals surface area contributed by atoms with Crippen LogP contribution in [0, 0.1) is 6.92 Å². The Kier molecular flexibility index (Phi) is 5.10. The van der Waals surface area contributed by atoms with Crippen molar-refractivity contribution in [1.29, 1.82) is 0 Å². The molecule has 31 heavy (non-hydrogen) atoms. The molecule has 3 heterocycles. The van der Waals surface area contributed by atoms with Crippen molar-refractivity contribution >= 4 is 39.4 Å². The number of amides is 4. The molecule has 0 unspecified atom stereocenters. The minimum atomic E-state index is -1.07. The lowest BCUT2D eigenvalue weighted by molar-refractivity contribution is -0.139. The van der Waals surface area contributed by atoms with E-state index in [2.05, 4.69) is 15.7 Å². The molecule has 1 atom stereocenters. The van der Waals surface area contributed by atoms with Crippen LogP contribution in [0.4, 0.5) is 4.79 Å². The first-order valence-electron chi connectivity index (χ1n) is 9.75. The summed E-state index contributed by atoms with van der Waals surface area (Å²) in [5.41, 5.74) is 2.55. The lowest BCUT2D eigenvalue weighted by atomic mass is 10.00. The molecule has 160 valence electrons. The molecule has 1 aliphatic heterocycles. The number of thiophene rings is 1. The van der Waals surface area contributed by atoms with E-state index in [9.17, 15) is 19.2 Å². The normalized spacial score (nSPS) is 18.5. The fourth-order valence-electron chi connectivity index (χ4n) is 3.54. The summed E-state index contributed by atoms with van der Waals surface area (Å²) in [6.07, 6.45) is 1.68. The SMILES string of the molecule is CC[C@@]1(C)NC(=O)N(NC(=O)Cn2cnc3sc(C)c(-c4ccccc4)c3c2=O)C1=O. The molecule has 0 bridgehead atoms. The predicted octanol–water partition coefficient (Wildman–Crippen LogP) is 2.19. The summed E-state index contributed by atoms with van der Waals surface area (Å²) in [5, 5.41) is 3.66. The first-order valence-corrected chi connectivity index (χ1v) is 10.6. The van der Waals surface area contributed by atoms with Gasteiger partial charge < -0.3 is 5.32 Å². The second-order valence-electron chi connectivity index (χ2n) is 7.55. The van der Waals surface area contributed by atoms with Crippen molar-refractivity contribution in [2.24, 2.45) is 0 Å². The predicted molar refractivity (Wildman–Crippen MR) is 116 cm³/mol. The van der Waals surface area contributed by atoms with E-state index in [1.165, 1.54) is 22.2 Å². The number of benzene rings is 1. The highest BCUT2D eigenvalue weighted by molar-refractivity contribution is 7.19. The van der Waals surface area contributed by atoms with E-state index in [1.54, 1.807) is 13.8 Å². The van der Waals surface area contributed by atoms with E-state index in [0.29, 0.717) is 21.6 Å². The number of aryl methyl sites for hydroxylation is 1. The van der Waals surface area contributed by atoms with Gasteiger partial charge in [0.25, 0.3) is 17.4 Å². The zero-order chi connectivity index (χ0) is 22.3. The zero-order valence-electron chi connectivity index (χ0n) is 17.3. The summed E-state index contributed by atoms with van der Waals surface area (Å²) in [6.45, 7) is 4.89. The van der Waals surface area contributed by atoms with Crippen molar-refractivity contribution in [1.82, 2.24) is 25.3 Å². The van der Waals surface area contributed by atoms with Gasteiger partial charge in [-0.25, -0.2) is 9.78 Å². The molecule has 10 heteroatoms. The molecule has 2 N–H and O–H groups in total. The molecule has 0 spiro atoms. The van der Waals surface area contributed by atoms with Gasteiger partial charge in [-0.05, 0) is 25.8 Å². The van der Waals surface area contributed by atoms with Crippen LogP contribution in [0.2, 0.25) is 0 Å². The molecule has 1 aromatic carbocycles. The third kappa shape index (κ3) is 3.48. The minimum Gasteiger partial charge on any atom is -0.322 e. The second-order valence-corrected chi connectivity index (χ2v) is 8.75. The summed E-state index contributed by atoms with van der Waals surface area (Å²) in [5.74, 6) is -1.23. The lowest BCUT2D eigenvalue weighted by Gasteiger charge is -2.19. The van der Waals surface area contributed by atoms with Crippen LogP contribution in [-0.4, -0.2) is 37.9 Å². The van der Waals surface area contributed by atoms with E-state index in [1.807, 2.05) is 37.3 Å². The molecule has 1 aliphatic rings. The van der Waals surface area contributed by atoms with Crippen molar-refractivity contribution in [3.05, 3.63) is 51.9 Å². The maximum Gasteiger partial charge on any atom is 0.344 e. The van der Waals surface area contributed by atoms with Gasteiger partial charge in [0, 0.05) is 10.4 Å².